The van der Waals surface area contributed by atoms with E-state index in [0.717, 1.165) is 42.7 Å². The second-order valence-corrected chi connectivity index (χ2v) is 7.24. The summed E-state index contributed by atoms with van der Waals surface area (Å²) in [4.78, 5) is 14.6. The van der Waals surface area contributed by atoms with E-state index in [9.17, 15) is 4.79 Å². The van der Waals surface area contributed by atoms with E-state index >= 15 is 0 Å². The maximum Gasteiger partial charge on any atom is 0.234 e. The summed E-state index contributed by atoms with van der Waals surface area (Å²) in [5.74, 6) is 2.79. The number of benzene rings is 1. The normalized spacial score (nSPS) is 24.2. The Morgan fingerprint density at radius 3 is 2.83 bits per heavy atom. The van der Waals surface area contributed by atoms with Crippen molar-refractivity contribution in [3.8, 4) is 5.75 Å². The fraction of sp³-hybridized carbons (Fsp3) is 0.650. The smallest absolute Gasteiger partial charge is 0.234 e. The minimum absolute atomic E-state index is 0.152. The zero-order chi connectivity index (χ0) is 16.8. The van der Waals surface area contributed by atoms with Crippen LogP contribution in [0.15, 0.2) is 24.3 Å². The third kappa shape index (κ3) is 4.50. The number of amides is 1. The van der Waals surface area contributed by atoms with Crippen molar-refractivity contribution >= 4 is 5.91 Å². The van der Waals surface area contributed by atoms with E-state index in [1.807, 2.05) is 18.2 Å². The van der Waals surface area contributed by atoms with Crippen LogP contribution in [0.3, 0.4) is 0 Å². The number of para-hydroxylation sites is 1. The van der Waals surface area contributed by atoms with Crippen LogP contribution >= 0.6 is 0 Å². The highest BCUT2D eigenvalue weighted by atomic mass is 16.5. The minimum Gasteiger partial charge on any atom is -0.496 e. The lowest BCUT2D eigenvalue weighted by Gasteiger charge is -2.41. The van der Waals surface area contributed by atoms with Gasteiger partial charge in [-0.2, -0.15) is 0 Å². The average Bonchev–Trinajstić information content (AvgIpc) is 2.62. The standard InChI is InChI=1S/C20H30N2O2/c1-24-19-9-5-4-7-17(19)10-12-21-20(23)15-22-13-11-16-6-2-3-8-18(16)14-22/h4-5,7,9,16,18H,2-3,6,8,10-15H2,1H3,(H,21,23)/t16-,18+/m0/s1. The van der Waals surface area contributed by atoms with Crippen LogP contribution < -0.4 is 10.1 Å². The van der Waals surface area contributed by atoms with Gasteiger partial charge >= 0.3 is 0 Å². The molecule has 4 nitrogen and oxygen atoms in total. The number of ether oxygens (including phenoxy) is 1. The lowest BCUT2D eigenvalue weighted by atomic mass is 9.75. The Morgan fingerprint density at radius 2 is 2.00 bits per heavy atom. The first kappa shape index (κ1) is 17.3. The van der Waals surface area contributed by atoms with Crippen molar-refractivity contribution in [1.29, 1.82) is 0 Å². The molecular formula is C20H30N2O2. The molecule has 0 unspecified atom stereocenters. The molecule has 1 aliphatic carbocycles. The van der Waals surface area contributed by atoms with Crippen molar-refractivity contribution in [2.45, 2.75) is 38.5 Å². The summed E-state index contributed by atoms with van der Waals surface area (Å²) in [6.07, 6.45) is 7.63. The molecule has 0 spiro atoms. The van der Waals surface area contributed by atoms with E-state index in [-0.39, 0.29) is 5.91 Å². The Balaban J connectivity index is 1.40. The lowest BCUT2D eigenvalue weighted by molar-refractivity contribution is -0.123. The molecular weight excluding hydrogens is 300 g/mol. The van der Waals surface area contributed by atoms with Crippen molar-refractivity contribution < 1.29 is 9.53 Å². The monoisotopic (exact) mass is 330 g/mol. The number of rotatable bonds is 6. The highest BCUT2D eigenvalue weighted by Crippen LogP contribution is 2.35. The Bertz CT molecular complexity index is 546. The van der Waals surface area contributed by atoms with Crippen molar-refractivity contribution in [2.24, 2.45) is 11.8 Å². The van der Waals surface area contributed by atoms with E-state index in [0.29, 0.717) is 13.1 Å². The molecule has 24 heavy (non-hydrogen) atoms. The summed E-state index contributed by atoms with van der Waals surface area (Å²) < 4.78 is 5.35. The van der Waals surface area contributed by atoms with Gasteiger partial charge in [-0.05, 0) is 49.3 Å². The molecule has 2 aliphatic rings. The quantitative estimate of drug-likeness (QED) is 0.872. The predicted octanol–water partition coefficient (Wildman–Crippen LogP) is 2.87. The maximum absolute atomic E-state index is 12.2. The zero-order valence-corrected chi connectivity index (χ0v) is 14.8. The third-order valence-corrected chi connectivity index (χ3v) is 5.65. The van der Waals surface area contributed by atoms with Crippen LogP contribution in [-0.4, -0.2) is 44.1 Å². The molecule has 3 rings (SSSR count). The molecule has 1 aromatic carbocycles. The number of hydrogen-bond donors (Lipinski definition) is 1. The van der Waals surface area contributed by atoms with Gasteiger partial charge < -0.3 is 10.1 Å². The first-order valence-electron chi connectivity index (χ1n) is 9.37. The number of methoxy groups -OCH3 is 1. The van der Waals surface area contributed by atoms with E-state index < -0.39 is 0 Å². The van der Waals surface area contributed by atoms with Crippen LogP contribution in [0.2, 0.25) is 0 Å². The highest BCUT2D eigenvalue weighted by molar-refractivity contribution is 5.78. The number of hydrogen-bond acceptors (Lipinski definition) is 3. The van der Waals surface area contributed by atoms with Crippen LogP contribution in [-0.2, 0) is 11.2 Å². The number of carbonyl (C=O) groups excluding carboxylic acids is 1. The molecule has 2 fully saturated rings. The SMILES string of the molecule is COc1ccccc1CCNC(=O)CN1CC[C@@H]2CCCC[C@@H]2C1. The first-order valence-corrected chi connectivity index (χ1v) is 9.37. The summed E-state index contributed by atoms with van der Waals surface area (Å²) in [7, 11) is 1.69. The van der Waals surface area contributed by atoms with Crippen LogP contribution in [0.25, 0.3) is 0 Å². The number of carbonyl (C=O) groups is 1. The topological polar surface area (TPSA) is 41.6 Å². The van der Waals surface area contributed by atoms with Crippen LogP contribution in [0.5, 0.6) is 5.75 Å². The highest BCUT2D eigenvalue weighted by Gasteiger charge is 2.31. The molecule has 1 aliphatic heterocycles. The minimum atomic E-state index is 0.152. The van der Waals surface area contributed by atoms with Gasteiger partial charge in [0.15, 0.2) is 0 Å². The molecule has 1 amide bonds. The van der Waals surface area contributed by atoms with E-state index in [1.54, 1.807) is 7.11 Å². The molecule has 1 N–H and O–H groups in total. The lowest BCUT2D eigenvalue weighted by Crippen LogP contribution is -2.46. The number of nitrogens with zero attached hydrogens (tertiary/aromatic N) is 1. The Hall–Kier alpha value is -1.55. The average molecular weight is 330 g/mol. The summed E-state index contributed by atoms with van der Waals surface area (Å²) in [5, 5.41) is 3.07. The molecule has 1 saturated carbocycles. The molecule has 0 aromatic heterocycles. The van der Waals surface area contributed by atoms with Gasteiger partial charge in [-0.3, -0.25) is 9.69 Å². The molecule has 1 heterocycles. The summed E-state index contributed by atoms with van der Waals surface area (Å²) in [6, 6.07) is 7.99. The maximum atomic E-state index is 12.2. The van der Waals surface area contributed by atoms with Crippen LogP contribution in [0, 0.1) is 11.8 Å². The van der Waals surface area contributed by atoms with Gasteiger partial charge in [0.1, 0.15) is 5.75 Å². The largest absolute Gasteiger partial charge is 0.496 e. The van der Waals surface area contributed by atoms with Gasteiger partial charge in [0.2, 0.25) is 5.91 Å². The summed E-state index contributed by atoms with van der Waals surface area (Å²) >= 11 is 0. The Morgan fingerprint density at radius 1 is 1.21 bits per heavy atom. The van der Waals surface area contributed by atoms with Crippen molar-refractivity contribution in [2.75, 3.05) is 33.3 Å². The Kier molecular flexibility index (Phi) is 6.13. The van der Waals surface area contributed by atoms with Gasteiger partial charge in [0, 0.05) is 13.1 Å². The Labute approximate surface area is 145 Å². The molecule has 0 radical (unpaired) electrons. The van der Waals surface area contributed by atoms with Gasteiger partial charge in [-0.25, -0.2) is 0 Å². The number of likely N-dealkylation sites (tertiary alicyclic amines) is 1. The van der Waals surface area contributed by atoms with Crippen molar-refractivity contribution in [3.05, 3.63) is 29.8 Å². The second kappa shape index (κ2) is 8.52. The summed E-state index contributed by atoms with van der Waals surface area (Å²) in [5.41, 5.74) is 1.14. The van der Waals surface area contributed by atoms with Gasteiger partial charge in [0.25, 0.3) is 0 Å². The fourth-order valence-electron chi connectivity index (χ4n) is 4.32. The molecule has 0 bridgehead atoms. The van der Waals surface area contributed by atoms with E-state index in [1.165, 1.54) is 32.1 Å². The third-order valence-electron chi connectivity index (χ3n) is 5.65. The number of nitrogens with one attached hydrogen (secondary N) is 1. The first-order chi connectivity index (χ1) is 11.8. The number of piperidine rings is 1. The van der Waals surface area contributed by atoms with Crippen molar-refractivity contribution in [3.63, 3.8) is 0 Å². The van der Waals surface area contributed by atoms with Crippen LogP contribution in [0.4, 0.5) is 0 Å². The van der Waals surface area contributed by atoms with Crippen LogP contribution in [0.1, 0.15) is 37.7 Å². The molecule has 132 valence electrons. The van der Waals surface area contributed by atoms with Gasteiger partial charge in [-0.15, -0.1) is 0 Å². The molecule has 4 heteroatoms. The molecule has 1 saturated heterocycles. The second-order valence-electron chi connectivity index (χ2n) is 7.24. The van der Waals surface area contributed by atoms with E-state index in [4.69, 9.17) is 4.74 Å². The predicted molar refractivity (Wildman–Crippen MR) is 96.2 cm³/mol. The van der Waals surface area contributed by atoms with Gasteiger partial charge in [-0.1, -0.05) is 37.5 Å². The molecule has 1 aromatic rings. The zero-order valence-electron chi connectivity index (χ0n) is 14.8. The summed E-state index contributed by atoms with van der Waals surface area (Å²) in [6.45, 7) is 3.42. The van der Waals surface area contributed by atoms with Gasteiger partial charge in [0.05, 0.1) is 13.7 Å². The molecule has 2 atom stereocenters. The fourth-order valence-corrected chi connectivity index (χ4v) is 4.32. The number of fused-ring (bicyclic) bond motifs is 1. The van der Waals surface area contributed by atoms with Crippen molar-refractivity contribution in [1.82, 2.24) is 10.2 Å². The van der Waals surface area contributed by atoms with E-state index in [2.05, 4.69) is 16.3 Å².